The predicted molar refractivity (Wildman–Crippen MR) is 128 cm³/mol. The minimum Gasteiger partial charge on any atom is -0.340 e. The average Bonchev–Trinajstić information content (AvgIpc) is 3.21. The van der Waals surface area contributed by atoms with Gasteiger partial charge in [0.25, 0.3) is 0 Å². The Kier molecular flexibility index (Phi) is 5.14. The van der Waals surface area contributed by atoms with Crippen LogP contribution in [0, 0.1) is 0 Å². The second-order valence-electron chi connectivity index (χ2n) is 7.35. The van der Waals surface area contributed by atoms with Gasteiger partial charge in [-0.15, -0.1) is 0 Å². The highest BCUT2D eigenvalue weighted by molar-refractivity contribution is 6.30. The zero-order chi connectivity index (χ0) is 21.2. The molecule has 0 unspecified atom stereocenters. The molecule has 5 aromatic rings. The zero-order valence-electron chi connectivity index (χ0n) is 17.1. The van der Waals surface area contributed by atoms with Gasteiger partial charge in [-0.3, -0.25) is 0 Å². The first-order valence-corrected chi connectivity index (χ1v) is 10.6. The summed E-state index contributed by atoms with van der Waals surface area (Å²) in [5, 5.41) is 5.18. The van der Waals surface area contributed by atoms with Crippen LogP contribution in [-0.4, -0.2) is 14.5 Å². The largest absolute Gasteiger partial charge is 0.340 e. The van der Waals surface area contributed by atoms with Crippen LogP contribution in [0.25, 0.3) is 27.8 Å². The Morgan fingerprint density at radius 3 is 2.32 bits per heavy atom. The second kappa shape index (κ2) is 8.25. The highest BCUT2D eigenvalue weighted by Gasteiger charge is 2.17. The van der Waals surface area contributed by atoms with E-state index >= 15 is 0 Å². The molecule has 3 aromatic carbocycles. The van der Waals surface area contributed by atoms with Crippen LogP contribution >= 0.6 is 11.6 Å². The van der Waals surface area contributed by atoms with Crippen LogP contribution < -0.4 is 5.32 Å². The summed E-state index contributed by atoms with van der Waals surface area (Å²) >= 11 is 6.11. The van der Waals surface area contributed by atoms with Crippen molar-refractivity contribution in [3.05, 3.63) is 102 Å². The van der Waals surface area contributed by atoms with Crippen molar-refractivity contribution in [1.29, 1.82) is 0 Å². The number of hydrogen-bond acceptors (Lipinski definition) is 3. The van der Waals surface area contributed by atoms with E-state index in [1.807, 2.05) is 42.5 Å². The quantitative estimate of drug-likeness (QED) is 0.328. The zero-order valence-corrected chi connectivity index (χ0v) is 17.8. The number of nitrogens with one attached hydrogen (secondary N) is 1. The number of aromatic nitrogens is 3. The van der Waals surface area contributed by atoms with E-state index in [1.54, 1.807) is 6.33 Å². The maximum Gasteiger partial charge on any atom is 0.150 e. The van der Waals surface area contributed by atoms with Gasteiger partial charge in [0.05, 0.1) is 5.39 Å². The van der Waals surface area contributed by atoms with Crippen molar-refractivity contribution in [3.8, 4) is 16.8 Å². The Morgan fingerprint density at radius 2 is 1.61 bits per heavy atom. The van der Waals surface area contributed by atoms with E-state index < -0.39 is 0 Å². The van der Waals surface area contributed by atoms with Gasteiger partial charge >= 0.3 is 0 Å². The summed E-state index contributed by atoms with van der Waals surface area (Å²) in [4.78, 5) is 9.23. The van der Waals surface area contributed by atoms with E-state index in [4.69, 9.17) is 11.6 Å². The lowest BCUT2D eigenvalue weighted by Gasteiger charge is -2.09. The molecule has 152 valence electrons. The third-order valence-corrected chi connectivity index (χ3v) is 5.65. The van der Waals surface area contributed by atoms with Gasteiger partial charge in [-0.05, 0) is 53.9 Å². The molecule has 2 aromatic heterocycles. The minimum atomic E-state index is 0.705. The number of halogens is 1. The molecule has 2 heterocycles. The molecule has 0 aliphatic rings. The molecule has 5 rings (SSSR count). The molecular formula is C26H21ClN4. The third-order valence-electron chi connectivity index (χ3n) is 5.40. The first kappa shape index (κ1) is 19.3. The maximum absolute atomic E-state index is 6.11. The Morgan fingerprint density at radius 1 is 0.871 bits per heavy atom. The standard InChI is InChI=1S/C26H21ClN4/c1-2-18-8-12-21(13-9-18)30-25-24-23(19-6-4-3-5-7-19)16-31(26(24)29-17-28-25)22-14-10-20(27)11-15-22/h3-17H,2H2,1H3,(H,28,29,30). The van der Waals surface area contributed by atoms with Crippen molar-refractivity contribution in [2.24, 2.45) is 0 Å². The van der Waals surface area contributed by atoms with Gasteiger partial charge < -0.3 is 9.88 Å². The summed E-state index contributed by atoms with van der Waals surface area (Å²) in [5.74, 6) is 0.779. The van der Waals surface area contributed by atoms with Crippen LogP contribution in [0.2, 0.25) is 5.02 Å². The summed E-state index contributed by atoms with van der Waals surface area (Å²) in [5.41, 5.74) is 6.31. The molecule has 0 radical (unpaired) electrons. The lowest BCUT2D eigenvalue weighted by molar-refractivity contribution is 1.08. The maximum atomic E-state index is 6.11. The molecule has 0 saturated heterocycles. The Labute approximate surface area is 186 Å². The van der Waals surface area contributed by atoms with E-state index in [0.717, 1.165) is 45.8 Å². The molecule has 0 spiro atoms. The van der Waals surface area contributed by atoms with E-state index in [0.29, 0.717) is 5.02 Å². The second-order valence-corrected chi connectivity index (χ2v) is 7.79. The Hall–Kier alpha value is -3.63. The summed E-state index contributed by atoms with van der Waals surface area (Å²) < 4.78 is 2.08. The Balaban J connectivity index is 1.70. The van der Waals surface area contributed by atoms with Crippen LogP contribution in [0.3, 0.4) is 0 Å². The monoisotopic (exact) mass is 424 g/mol. The smallest absolute Gasteiger partial charge is 0.150 e. The van der Waals surface area contributed by atoms with Gasteiger partial charge in [-0.2, -0.15) is 0 Å². The fourth-order valence-electron chi connectivity index (χ4n) is 3.75. The van der Waals surface area contributed by atoms with Gasteiger partial charge in [0, 0.05) is 28.2 Å². The molecular weight excluding hydrogens is 404 g/mol. The van der Waals surface area contributed by atoms with Gasteiger partial charge in [0.15, 0.2) is 5.65 Å². The first-order chi connectivity index (χ1) is 15.2. The SMILES string of the molecule is CCc1ccc(Nc2ncnc3c2c(-c2ccccc2)cn3-c2ccc(Cl)cc2)cc1. The summed E-state index contributed by atoms with van der Waals surface area (Å²) in [6.07, 6.45) is 4.73. The van der Waals surface area contributed by atoms with E-state index in [1.165, 1.54) is 5.56 Å². The molecule has 0 amide bonds. The van der Waals surface area contributed by atoms with Crippen LogP contribution in [0.15, 0.2) is 91.4 Å². The molecule has 0 bridgehead atoms. The van der Waals surface area contributed by atoms with E-state index in [-0.39, 0.29) is 0 Å². The molecule has 0 atom stereocenters. The lowest BCUT2D eigenvalue weighted by Crippen LogP contribution is -1.98. The number of aryl methyl sites for hydroxylation is 1. The van der Waals surface area contributed by atoms with Crippen molar-refractivity contribution in [3.63, 3.8) is 0 Å². The van der Waals surface area contributed by atoms with Crippen molar-refractivity contribution in [1.82, 2.24) is 14.5 Å². The first-order valence-electron chi connectivity index (χ1n) is 10.3. The molecule has 31 heavy (non-hydrogen) atoms. The molecule has 0 aliphatic heterocycles. The van der Waals surface area contributed by atoms with E-state index in [2.05, 4.69) is 69.4 Å². The number of fused-ring (bicyclic) bond motifs is 1. The number of benzene rings is 3. The minimum absolute atomic E-state index is 0.705. The van der Waals surface area contributed by atoms with Crippen LogP contribution in [0.4, 0.5) is 11.5 Å². The van der Waals surface area contributed by atoms with E-state index in [9.17, 15) is 0 Å². The predicted octanol–water partition coefficient (Wildman–Crippen LogP) is 7.05. The fraction of sp³-hybridized carbons (Fsp3) is 0.0769. The molecule has 4 nitrogen and oxygen atoms in total. The van der Waals surface area contributed by atoms with Gasteiger partial charge in [0.2, 0.25) is 0 Å². The topological polar surface area (TPSA) is 42.7 Å². The molecule has 0 aliphatic carbocycles. The number of anilines is 2. The normalized spacial score (nSPS) is 11.0. The number of nitrogens with zero attached hydrogens (tertiary/aromatic N) is 3. The Bertz CT molecular complexity index is 1320. The van der Waals surface area contributed by atoms with Gasteiger partial charge in [-0.1, -0.05) is 61.0 Å². The summed E-state index contributed by atoms with van der Waals surface area (Å²) in [7, 11) is 0. The summed E-state index contributed by atoms with van der Waals surface area (Å²) in [6, 6.07) is 26.5. The van der Waals surface area contributed by atoms with Gasteiger partial charge in [-0.25, -0.2) is 9.97 Å². The summed E-state index contributed by atoms with van der Waals surface area (Å²) in [6.45, 7) is 2.15. The van der Waals surface area contributed by atoms with Crippen molar-refractivity contribution in [2.75, 3.05) is 5.32 Å². The van der Waals surface area contributed by atoms with Crippen LogP contribution in [0.5, 0.6) is 0 Å². The van der Waals surface area contributed by atoms with Gasteiger partial charge in [0.1, 0.15) is 12.1 Å². The molecule has 1 N–H and O–H groups in total. The fourth-order valence-corrected chi connectivity index (χ4v) is 3.88. The third kappa shape index (κ3) is 3.78. The molecule has 0 saturated carbocycles. The highest BCUT2D eigenvalue weighted by atomic mass is 35.5. The molecule has 0 fully saturated rings. The number of rotatable bonds is 5. The van der Waals surface area contributed by atoms with Crippen LogP contribution in [0.1, 0.15) is 12.5 Å². The number of hydrogen-bond donors (Lipinski definition) is 1. The highest BCUT2D eigenvalue weighted by Crippen LogP contribution is 2.36. The van der Waals surface area contributed by atoms with Crippen molar-refractivity contribution >= 4 is 34.1 Å². The average molecular weight is 425 g/mol. The van der Waals surface area contributed by atoms with Crippen LogP contribution in [-0.2, 0) is 6.42 Å². The van der Waals surface area contributed by atoms with Crippen molar-refractivity contribution in [2.45, 2.75) is 13.3 Å². The van der Waals surface area contributed by atoms with Crippen molar-refractivity contribution < 1.29 is 0 Å². The lowest BCUT2D eigenvalue weighted by atomic mass is 10.1. The molecule has 5 heteroatoms.